The molecule has 24 heavy (non-hydrogen) atoms. The number of aromatic nitrogens is 1. The van der Waals surface area contributed by atoms with E-state index < -0.39 is 4.92 Å². The smallest absolute Gasteiger partial charge is 0.280 e. The Bertz CT molecular complexity index is 900. The highest BCUT2D eigenvalue weighted by atomic mass is 32.1. The molecule has 0 N–H and O–H groups in total. The van der Waals surface area contributed by atoms with Crippen LogP contribution in [0.1, 0.15) is 10.6 Å². The fourth-order valence-electron chi connectivity index (χ4n) is 2.30. The van der Waals surface area contributed by atoms with Gasteiger partial charge in [0.1, 0.15) is 5.01 Å². The number of thiazole rings is 1. The number of nitro groups is 1. The van der Waals surface area contributed by atoms with Crippen LogP contribution in [0.15, 0.2) is 36.4 Å². The molecule has 0 aliphatic carbocycles. The summed E-state index contributed by atoms with van der Waals surface area (Å²) in [6, 6.07) is 10.7. The average Bonchev–Trinajstić information content (AvgIpc) is 3.01. The predicted octanol–water partition coefficient (Wildman–Crippen LogP) is 4.39. The first kappa shape index (κ1) is 15.9. The van der Waals surface area contributed by atoms with Crippen LogP contribution < -0.4 is 9.47 Å². The number of methoxy groups -OCH3 is 2. The normalized spacial score (nSPS) is 11.1. The SMILES string of the molecule is COc1cc(C=Cc2nc3ccccc3s2)c([N+](=O)[O-])cc1OC. The number of fused-ring (bicyclic) bond motifs is 1. The van der Waals surface area contributed by atoms with Crippen molar-refractivity contribution in [3.05, 3.63) is 57.1 Å². The summed E-state index contributed by atoms with van der Waals surface area (Å²) in [5.74, 6) is 0.758. The molecule has 0 saturated heterocycles. The molecule has 0 spiro atoms. The highest BCUT2D eigenvalue weighted by Gasteiger charge is 2.17. The first-order chi connectivity index (χ1) is 11.6. The Labute approximate surface area is 142 Å². The molecule has 0 unspecified atom stereocenters. The number of hydrogen-bond donors (Lipinski definition) is 0. The van der Waals surface area contributed by atoms with Gasteiger partial charge in [0.2, 0.25) is 0 Å². The lowest BCUT2D eigenvalue weighted by Gasteiger charge is -2.08. The molecule has 0 saturated carbocycles. The third kappa shape index (κ3) is 3.07. The number of hydrogen-bond acceptors (Lipinski definition) is 6. The lowest BCUT2D eigenvalue weighted by Crippen LogP contribution is -1.96. The van der Waals surface area contributed by atoms with Gasteiger partial charge in [0, 0.05) is 0 Å². The van der Waals surface area contributed by atoms with Crippen molar-refractivity contribution >= 4 is 39.4 Å². The van der Waals surface area contributed by atoms with E-state index in [1.807, 2.05) is 24.3 Å². The molecule has 0 radical (unpaired) electrons. The van der Waals surface area contributed by atoms with Gasteiger partial charge in [-0.15, -0.1) is 11.3 Å². The monoisotopic (exact) mass is 342 g/mol. The number of ether oxygens (including phenoxy) is 2. The summed E-state index contributed by atoms with van der Waals surface area (Å²) in [4.78, 5) is 15.3. The zero-order valence-corrected chi connectivity index (χ0v) is 13.9. The van der Waals surface area contributed by atoms with Crippen LogP contribution in [0.5, 0.6) is 11.5 Å². The molecule has 0 aliphatic rings. The summed E-state index contributed by atoms with van der Waals surface area (Å²) < 4.78 is 11.4. The van der Waals surface area contributed by atoms with E-state index in [9.17, 15) is 10.1 Å². The van der Waals surface area contributed by atoms with Crippen molar-refractivity contribution in [2.24, 2.45) is 0 Å². The van der Waals surface area contributed by atoms with Gasteiger partial charge in [0.15, 0.2) is 11.5 Å². The van der Waals surface area contributed by atoms with E-state index >= 15 is 0 Å². The van der Waals surface area contributed by atoms with Crippen molar-refractivity contribution in [2.75, 3.05) is 14.2 Å². The summed E-state index contributed by atoms with van der Waals surface area (Å²) in [5, 5.41) is 12.1. The summed E-state index contributed by atoms with van der Waals surface area (Å²) in [7, 11) is 2.93. The van der Waals surface area contributed by atoms with Gasteiger partial charge in [0.25, 0.3) is 5.69 Å². The Morgan fingerprint density at radius 1 is 1.12 bits per heavy atom. The molecule has 0 amide bonds. The largest absolute Gasteiger partial charge is 0.493 e. The maximum Gasteiger partial charge on any atom is 0.280 e. The molecule has 0 bridgehead atoms. The van der Waals surface area contributed by atoms with Gasteiger partial charge in [-0.3, -0.25) is 10.1 Å². The molecule has 1 aromatic heterocycles. The van der Waals surface area contributed by atoms with Crippen LogP contribution in [-0.2, 0) is 0 Å². The van der Waals surface area contributed by atoms with Gasteiger partial charge >= 0.3 is 0 Å². The highest BCUT2D eigenvalue weighted by Crippen LogP contribution is 2.35. The molecule has 3 rings (SSSR count). The summed E-state index contributed by atoms with van der Waals surface area (Å²) in [6.07, 6.45) is 3.43. The standard InChI is InChI=1S/C17H14N2O4S/c1-22-14-9-11(13(19(20)21)10-15(14)23-2)7-8-17-18-12-5-3-4-6-16(12)24-17/h3-10H,1-2H3. The maximum atomic E-state index is 11.3. The zero-order valence-electron chi connectivity index (χ0n) is 13.1. The van der Waals surface area contributed by atoms with Crippen LogP contribution in [0.4, 0.5) is 5.69 Å². The van der Waals surface area contributed by atoms with E-state index in [2.05, 4.69) is 4.98 Å². The van der Waals surface area contributed by atoms with E-state index in [4.69, 9.17) is 9.47 Å². The van der Waals surface area contributed by atoms with Gasteiger partial charge in [-0.05, 0) is 30.4 Å². The topological polar surface area (TPSA) is 74.5 Å². The van der Waals surface area contributed by atoms with Crippen LogP contribution in [0.3, 0.4) is 0 Å². The molecule has 7 heteroatoms. The minimum Gasteiger partial charge on any atom is -0.493 e. The molecule has 2 aromatic carbocycles. The van der Waals surface area contributed by atoms with E-state index in [0.29, 0.717) is 17.1 Å². The Morgan fingerprint density at radius 3 is 2.50 bits per heavy atom. The van der Waals surface area contributed by atoms with E-state index in [-0.39, 0.29) is 5.69 Å². The van der Waals surface area contributed by atoms with Crippen molar-refractivity contribution in [1.29, 1.82) is 0 Å². The first-order valence-electron chi connectivity index (χ1n) is 7.06. The third-order valence-corrected chi connectivity index (χ3v) is 4.45. The number of rotatable bonds is 5. The Kier molecular flexibility index (Phi) is 4.43. The molecular formula is C17H14N2O4S. The molecule has 1 heterocycles. The second-order valence-electron chi connectivity index (χ2n) is 4.88. The predicted molar refractivity (Wildman–Crippen MR) is 94.7 cm³/mol. The Morgan fingerprint density at radius 2 is 1.83 bits per heavy atom. The number of nitrogens with zero attached hydrogens (tertiary/aromatic N) is 2. The van der Waals surface area contributed by atoms with Crippen LogP contribution in [0, 0.1) is 10.1 Å². The lowest BCUT2D eigenvalue weighted by atomic mass is 10.1. The maximum absolute atomic E-state index is 11.3. The number of benzene rings is 2. The average molecular weight is 342 g/mol. The van der Waals surface area contributed by atoms with E-state index in [1.54, 1.807) is 18.2 Å². The van der Waals surface area contributed by atoms with Crippen LogP contribution in [-0.4, -0.2) is 24.1 Å². The minimum atomic E-state index is -0.444. The quantitative estimate of drug-likeness (QED) is 0.508. The van der Waals surface area contributed by atoms with Gasteiger partial charge in [-0.1, -0.05) is 12.1 Å². The molecule has 6 nitrogen and oxygen atoms in total. The Balaban J connectivity index is 2.02. The van der Waals surface area contributed by atoms with E-state index in [0.717, 1.165) is 15.2 Å². The molecule has 0 atom stereocenters. The fourth-order valence-corrected chi connectivity index (χ4v) is 3.17. The van der Waals surface area contributed by atoms with Crippen molar-refractivity contribution in [3.63, 3.8) is 0 Å². The van der Waals surface area contributed by atoms with Crippen LogP contribution in [0.25, 0.3) is 22.4 Å². The minimum absolute atomic E-state index is 0.0509. The molecule has 0 aliphatic heterocycles. The summed E-state index contributed by atoms with van der Waals surface area (Å²) >= 11 is 1.52. The fraction of sp³-hybridized carbons (Fsp3) is 0.118. The van der Waals surface area contributed by atoms with Crippen molar-refractivity contribution in [2.45, 2.75) is 0 Å². The number of para-hydroxylation sites is 1. The van der Waals surface area contributed by atoms with Crippen LogP contribution in [0.2, 0.25) is 0 Å². The molecule has 3 aromatic rings. The van der Waals surface area contributed by atoms with Crippen LogP contribution >= 0.6 is 11.3 Å². The molecule has 0 fully saturated rings. The molecular weight excluding hydrogens is 328 g/mol. The first-order valence-corrected chi connectivity index (χ1v) is 7.88. The Hall–Kier alpha value is -2.93. The summed E-state index contributed by atoms with van der Waals surface area (Å²) in [5.41, 5.74) is 1.28. The van der Waals surface area contributed by atoms with Crippen molar-refractivity contribution < 1.29 is 14.4 Å². The van der Waals surface area contributed by atoms with Crippen molar-refractivity contribution in [1.82, 2.24) is 4.98 Å². The van der Waals surface area contributed by atoms with Gasteiger partial charge < -0.3 is 9.47 Å². The van der Waals surface area contributed by atoms with Gasteiger partial charge in [-0.2, -0.15) is 0 Å². The third-order valence-electron chi connectivity index (χ3n) is 3.45. The lowest BCUT2D eigenvalue weighted by molar-refractivity contribution is -0.385. The number of nitro benzene ring substituents is 1. The van der Waals surface area contributed by atoms with Crippen molar-refractivity contribution in [3.8, 4) is 11.5 Å². The zero-order chi connectivity index (χ0) is 17.1. The van der Waals surface area contributed by atoms with E-state index in [1.165, 1.54) is 31.6 Å². The van der Waals surface area contributed by atoms with Gasteiger partial charge in [-0.25, -0.2) is 4.98 Å². The molecule has 122 valence electrons. The van der Waals surface area contributed by atoms with Gasteiger partial charge in [0.05, 0.1) is 41.0 Å². The summed E-state index contributed by atoms with van der Waals surface area (Å²) in [6.45, 7) is 0. The highest BCUT2D eigenvalue weighted by molar-refractivity contribution is 7.19. The second-order valence-corrected chi connectivity index (χ2v) is 5.94. The second kappa shape index (κ2) is 6.67.